The molecule has 0 aliphatic carbocycles. The number of nitrogens with two attached hydrogens (primary N) is 1. The van der Waals surface area contributed by atoms with Crippen molar-refractivity contribution < 1.29 is 0 Å². The summed E-state index contributed by atoms with van der Waals surface area (Å²) < 4.78 is 1.87. The Labute approximate surface area is 102 Å². The van der Waals surface area contributed by atoms with Crippen molar-refractivity contribution in [1.29, 1.82) is 0 Å². The van der Waals surface area contributed by atoms with Gasteiger partial charge in [0.2, 0.25) is 0 Å². The average molecular weight is 229 g/mol. The van der Waals surface area contributed by atoms with Crippen molar-refractivity contribution in [2.75, 3.05) is 5.73 Å². The van der Waals surface area contributed by atoms with Crippen LogP contribution in [0.3, 0.4) is 0 Å². The Kier molecular flexibility index (Phi) is 2.92. The second-order valence-electron chi connectivity index (χ2n) is 4.80. The highest BCUT2D eigenvalue weighted by atomic mass is 15.3. The minimum atomic E-state index is 0.374. The van der Waals surface area contributed by atoms with Gasteiger partial charge in [-0.1, -0.05) is 37.6 Å². The molecule has 1 heterocycles. The van der Waals surface area contributed by atoms with Gasteiger partial charge in [0.15, 0.2) is 0 Å². The molecule has 0 aliphatic rings. The lowest BCUT2D eigenvalue weighted by molar-refractivity contribution is 0.777. The molecule has 0 spiro atoms. The SMILES string of the molecule is Cc1cccc(-c2c(C(C)C)c(N)nn2C)c1. The number of hydrogen-bond acceptors (Lipinski definition) is 2. The summed E-state index contributed by atoms with van der Waals surface area (Å²) in [6.07, 6.45) is 0. The number of nitrogens with zero attached hydrogens (tertiary/aromatic N) is 2. The average Bonchev–Trinajstić information content (AvgIpc) is 2.53. The van der Waals surface area contributed by atoms with Gasteiger partial charge in [0.25, 0.3) is 0 Å². The number of rotatable bonds is 2. The van der Waals surface area contributed by atoms with E-state index in [0.717, 1.165) is 11.3 Å². The Hall–Kier alpha value is -1.77. The van der Waals surface area contributed by atoms with Crippen LogP contribution in [0.25, 0.3) is 11.3 Å². The van der Waals surface area contributed by atoms with Crippen molar-refractivity contribution in [3.05, 3.63) is 35.4 Å². The molecule has 0 bridgehead atoms. The molecule has 0 amide bonds. The molecule has 3 heteroatoms. The molecule has 90 valence electrons. The molecular formula is C14H19N3. The van der Waals surface area contributed by atoms with E-state index in [-0.39, 0.29) is 0 Å². The molecule has 1 aromatic carbocycles. The summed E-state index contributed by atoms with van der Waals surface area (Å²) in [4.78, 5) is 0. The Morgan fingerprint density at radius 1 is 1.29 bits per heavy atom. The number of aromatic nitrogens is 2. The Balaban J connectivity index is 2.66. The number of hydrogen-bond donors (Lipinski definition) is 1. The zero-order valence-electron chi connectivity index (χ0n) is 10.9. The molecule has 0 saturated heterocycles. The van der Waals surface area contributed by atoms with Crippen molar-refractivity contribution in [2.45, 2.75) is 26.7 Å². The number of benzene rings is 1. The van der Waals surface area contributed by atoms with Crippen LogP contribution in [-0.2, 0) is 7.05 Å². The molecule has 0 saturated carbocycles. The summed E-state index contributed by atoms with van der Waals surface area (Å²) in [5.41, 5.74) is 10.7. The van der Waals surface area contributed by atoms with Crippen molar-refractivity contribution in [3.8, 4) is 11.3 Å². The van der Waals surface area contributed by atoms with Crippen LogP contribution in [0, 0.1) is 6.92 Å². The quantitative estimate of drug-likeness (QED) is 0.860. The van der Waals surface area contributed by atoms with E-state index in [2.05, 4.69) is 50.1 Å². The molecule has 1 aromatic heterocycles. The minimum absolute atomic E-state index is 0.374. The summed E-state index contributed by atoms with van der Waals surface area (Å²) in [6.45, 7) is 6.39. The third kappa shape index (κ3) is 2.05. The highest BCUT2D eigenvalue weighted by Crippen LogP contribution is 2.33. The monoisotopic (exact) mass is 229 g/mol. The summed E-state index contributed by atoms with van der Waals surface area (Å²) >= 11 is 0. The van der Waals surface area contributed by atoms with Crippen LogP contribution in [0.1, 0.15) is 30.9 Å². The van der Waals surface area contributed by atoms with Gasteiger partial charge in [0, 0.05) is 18.2 Å². The van der Waals surface area contributed by atoms with Crippen molar-refractivity contribution in [2.24, 2.45) is 7.05 Å². The maximum absolute atomic E-state index is 5.99. The number of anilines is 1. The molecule has 2 N–H and O–H groups in total. The fraction of sp³-hybridized carbons (Fsp3) is 0.357. The highest BCUT2D eigenvalue weighted by Gasteiger charge is 2.18. The zero-order valence-corrected chi connectivity index (χ0v) is 10.9. The van der Waals surface area contributed by atoms with Gasteiger partial charge in [-0.2, -0.15) is 5.10 Å². The molecule has 3 nitrogen and oxygen atoms in total. The van der Waals surface area contributed by atoms with Crippen LogP contribution in [0.5, 0.6) is 0 Å². The van der Waals surface area contributed by atoms with Crippen LogP contribution in [0.15, 0.2) is 24.3 Å². The lowest BCUT2D eigenvalue weighted by Gasteiger charge is -2.10. The van der Waals surface area contributed by atoms with E-state index in [4.69, 9.17) is 5.73 Å². The van der Waals surface area contributed by atoms with Gasteiger partial charge in [-0.05, 0) is 18.9 Å². The lowest BCUT2D eigenvalue weighted by Crippen LogP contribution is -1.97. The second kappa shape index (κ2) is 4.24. The summed E-state index contributed by atoms with van der Waals surface area (Å²) in [6, 6.07) is 8.44. The molecule has 0 aliphatic heterocycles. The number of aryl methyl sites for hydroxylation is 2. The molecule has 0 radical (unpaired) electrons. The molecule has 17 heavy (non-hydrogen) atoms. The van der Waals surface area contributed by atoms with E-state index in [0.29, 0.717) is 11.7 Å². The predicted octanol–water partition coefficient (Wildman–Crippen LogP) is 3.10. The van der Waals surface area contributed by atoms with E-state index in [1.807, 2.05) is 11.7 Å². The molecular weight excluding hydrogens is 210 g/mol. The van der Waals surface area contributed by atoms with Gasteiger partial charge in [0.05, 0.1) is 5.69 Å². The third-order valence-corrected chi connectivity index (χ3v) is 2.98. The van der Waals surface area contributed by atoms with Gasteiger partial charge < -0.3 is 5.73 Å². The topological polar surface area (TPSA) is 43.8 Å². The molecule has 0 fully saturated rings. The lowest BCUT2D eigenvalue weighted by atomic mass is 9.97. The first-order valence-electron chi connectivity index (χ1n) is 5.90. The highest BCUT2D eigenvalue weighted by molar-refractivity contribution is 5.70. The fourth-order valence-corrected chi connectivity index (χ4v) is 2.27. The van der Waals surface area contributed by atoms with E-state index >= 15 is 0 Å². The minimum Gasteiger partial charge on any atom is -0.382 e. The van der Waals surface area contributed by atoms with Crippen LogP contribution in [-0.4, -0.2) is 9.78 Å². The van der Waals surface area contributed by atoms with Crippen molar-refractivity contribution in [1.82, 2.24) is 9.78 Å². The standard InChI is InChI=1S/C14H19N3/c1-9(2)12-13(17(4)16-14(12)15)11-7-5-6-10(3)8-11/h5-9H,1-4H3,(H2,15,16). The van der Waals surface area contributed by atoms with E-state index < -0.39 is 0 Å². The zero-order chi connectivity index (χ0) is 12.6. The maximum Gasteiger partial charge on any atom is 0.149 e. The first-order valence-corrected chi connectivity index (χ1v) is 5.90. The summed E-state index contributed by atoms with van der Waals surface area (Å²) in [7, 11) is 1.94. The fourth-order valence-electron chi connectivity index (χ4n) is 2.27. The van der Waals surface area contributed by atoms with E-state index in [1.54, 1.807) is 0 Å². The Morgan fingerprint density at radius 3 is 2.59 bits per heavy atom. The van der Waals surface area contributed by atoms with Gasteiger partial charge in [-0.3, -0.25) is 4.68 Å². The smallest absolute Gasteiger partial charge is 0.149 e. The van der Waals surface area contributed by atoms with E-state index in [9.17, 15) is 0 Å². The van der Waals surface area contributed by atoms with Crippen LogP contribution in [0.2, 0.25) is 0 Å². The van der Waals surface area contributed by atoms with Crippen molar-refractivity contribution >= 4 is 5.82 Å². The van der Waals surface area contributed by atoms with Crippen LogP contribution >= 0.6 is 0 Å². The largest absolute Gasteiger partial charge is 0.382 e. The van der Waals surface area contributed by atoms with Gasteiger partial charge in [-0.25, -0.2) is 0 Å². The Morgan fingerprint density at radius 2 is 2.00 bits per heavy atom. The first kappa shape index (κ1) is 11.7. The molecule has 2 rings (SSSR count). The number of nitrogen functional groups attached to an aromatic ring is 1. The second-order valence-corrected chi connectivity index (χ2v) is 4.80. The third-order valence-electron chi connectivity index (χ3n) is 2.98. The molecule has 0 atom stereocenters. The van der Waals surface area contributed by atoms with Crippen LogP contribution in [0.4, 0.5) is 5.82 Å². The normalized spacial score (nSPS) is 11.1. The van der Waals surface area contributed by atoms with Crippen molar-refractivity contribution in [3.63, 3.8) is 0 Å². The maximum atomic E-state index is 5.99. The predicted molar refractivity (Wildman–Crippen MR) is 71.9 cm³/mol. The Bertz CT molecular complexity index is 538. The van der Waals surface area contributed by atoms with Gasteiger partial charge in [0.1, 0.15) is 5.82 Å². The van der Waals surface area contributed by atoms with Gasteiger partial charge >= 0.3 is 0 Å². The van der Waals surface area contributed by atoms with Gasteiger partial charge in [-0.15, -0.1) is 0 Å². The van der Waals surface area contributed by atoms with Crippen LogP contribution < -0.4 is 5.73 Å². The first-order chi connectivity index (χ1) is 8.00. The molecule has 0 unspecified atom stereocenters. The molecule has 2 aromatic rings. The van der Waals surface area contributed by atoms with E-state index in [1.165, 1.54) is 11.1 Å². The summed E-state index contributed by atoms with van der Waals surface area (Å²) in [5, 5.41) is 4.33. The summed E-state index contributed by atoms with van der Waals surface area (Å²) in [5.74, 6) is 1.01.